The van der Waals surface area contributed by atoms with Crippen molar-refractivity contribution in [2.24, 2.45) is 0 Å². The number of nitrogens with one attached hydrogen (secondary N) is 1. The first kappa shape index (κ1) is 15.6. The number of hydrogen-bond donors (Lipinski definition) is 1. The van der Waals surface area contributed by atoms with E-state index >= 15 is 0 Å². The van der Waals surface area contributed by atoms with Crippen LogP contribution >= 0.6 is 27.5 Å². The number of rotatable bonds is 4. The monoisotopic (exact) mass is 370 g/mol. The Balaban J connectivity index is 1.82. The molecule has 2 fully saturated rings. The van der Waals surface area contributed by atoms with Gasteiger partial charge in [-0.25, -0.2) is 0 Å². The SMILES string of the molecule is CCCNC1CC2CCCC(C1)N2c1cccc(Cl)c1Br. The van der Waals surface area contributed by atoms with Crippen molar-refractivity contribution in [3.63, 3.8) is 0 Å². The van der Waals surface area contributed by atoms with E-state index in [1.807, 2.05) is 6.07 Å². The smallest absolute Gasteiger partial charge is 0.0595 e. The topological polar surface area (TPSA) is 15.3 Å². The van der Waals surface area contributed by atoms with Crippen molar-refractivity contribution in [1.29, 1.82) is 0 Å². The lowest BCUT2D eigenvalue weighted by Gasteiger charge is -2.50. The molecule has 4 heteroatoms. The van der Waals surface area contributed by atoms with Crippen LogP contribution in [0.25, 0.3) is 0 Å². The number of hydrogen-bond acceptors (Lipinski definition) is 2. The van der Waals surface area contributed by atoms with Crippen LogP contribution in [0.5, 0.6) is 0 Å². The first-order valence-corrected chi connectivity index (χ1v) is 9.33. The molecule has 2 unspecified atom stereocenters. The Hall–Kier alpha value is -0.250. The minimum atomic E-state index is 0.654. The number of halogens is 2. The third-order valence-electron chi connectivity index (χ3n) is 4.87. The molecule has 2 saturated heterocycles. The molecular formula is C17H24BrClN2. The molecule has 0 saturated carbocycles. The second-order valence-electron chi connectivity index (χ2n) is 6.34. The second-order valence-corrected chi connectivity index (χ2v) is 7.54. The van der Waals surface area contributed by atoms with Crippen LogP contribution < -0.4 is 10.2 Å². The predicted molar refractivity (Wildman–Crippen MR) is 94.4 cm³/mol. The zero-order chi connectivity index (χ0) is 14.8. The van der Waals surface area contributed by atoms with Gasteiger partial charge in [0.25, 0.3) is 0 Å². The van der Waals surface area contributed by atoms with Crippen molar-refractivity contribution in [3.05, 3.63) is 27.7 Å². The maximum Gasteiger partial charge on any atom is 0.0595 e. The van der Waals surface area contributed by atoms with Crippen molar-refractivity contribution in [3.8, 4) is 0 Å². The summed E-state index contributed by atoms with van der Waals surface area (Å²) in [5, 5.41) is 4.55. The lowest BCUT2D eigenvalue weighted by molar-refractivity contribution is 0.245. The fraction of sp³-hybridized carbons (Fsp3) is 0.647. The Labute approximate surface area is 141 Å². The molecule has 0 aromatic heterocycles. The average molecular weight is 372 g/mol. The Bertz CT molecular complexity index is 480. The molecular weight excluding hydrogens is 348 g/mol. The molecule has 2 nitrogen and oxygen atoms in total. The summed E-state index contributed by atoms with van der Waals surface area (Å²) in [6.07, 6.45) is 7.71. The van der Waals surface area contributed by atoms with Crippen LogP contribution in [0.2, 0.25) is 5.02 Å². The minimum Gasteiger partial charge on any atom is -0.364 e. The van der Waals surface area contributed by atoms with Crippen LogP contribution in [0.1, 0.15) is 45.4 Å². The molecule has 0 amide bonds. The largest absolute Gasteiger partial charge is 0.364 e. The Morgan fingerprint density at radius 3 is 2.67 bits per heavy atom. The van der Waals surface area contributed by atoms with Gasteiger partial charge in [0.2, 0.25) is 0 Å². The summed E-state index contributed by atoms with van der Waals surface area (Å²) in [5.74, 6) is 0. The van der Waals surface area contributed by atoms with Crippen molar-refractivity contribution in [1.82, 2.24) is 5.32 Å². The van der Waals surface area contributed by atoms with Crippen LogP contribution in [0, 0.1) is 0 Å². The molecule has 0 spiro atoms. The molecule has 2 heterocycles. The van der Waals surface area contributed by atoms with E-state index in [4.69, 9.17) is 11.6 Å². The van der Waals surface area contributed by atoms with Crippen LogP contribution in [0.15, 0.2) is 22.7 Å². The van der Waals surface area contributed by atoms with Gasteiger partial charge in [0.05, 0.1) is 15.2 Å². The van der Waals surface area contributed by atoms with Crippen molar-refractivity contribution in [2.45, 2.75) is 63.6 Å². The Morgan fingerprint density at radius 1 is 1.29 bits per heavy atom. The van der Waals surface area contributed by atoms with Gasteiger partial charge in [0, 0.05) is 18.1 Å². The van der Waals surface area contributed by atoms with Crippen LogP contribution in [-0.2, 0) is 0 Å². The standard InChI is InChI=1S/C17H24BrClN2/c1-2-9-20-12-10-13-5-3-6-14(11-12)21(13)16-8-4-7-15(19)17(16)18/h4,7-8,12-14,20H,2-3,5-6,9-11H2,1H3. The van der Waals surface area contributed by atoms with E-state index in [1.54, 1.807) is 0 Å². The molecule has 0 radical (unpaired) electrons. The molecule has 2 atom stereocenters. The van der Waals surface area contributed by atoms with E-state index < -0.39 is 0 Å². The quantitative estimate of drug-likeness (QED) is 0.802. The maximum atomic E-state index is 6.30. The van der Waals surface area contributed by atoms with Crippen LogP contribution in [0.4, 0.5) is 5.69 Å². The summed E-state index contributed by atoms with van der Waals surface area (Å²) in [6, 6.07) is 8.24. The van der Waals surface area contributed by atoms with Crippen molar-refractivity contribution >= 4 is 33.2 Å². The van der Waals surface area contributed by atoms with Gasteiger partial charge in [-0.15, -0.1) is 0 Å². The number of anilines is 1. The molecule has 3 rings (SSSR count). The van der Waals surface area contributed by atoms with E-state index in [1.165, 1.54) is 44.2 Å². The lowest BCUT2D eigenvalue weighted by atomic mass is 9.81. The Kier molecular flexibility index (Phi) is 5.13. The number of nitrogens with zero attached hydrogens (tertiary/aromatic N) is 1. The van der Waals surface area contributed by atoms with Gasteiger partial charge < -0.3 is 10.2 Å². The lowest BCUT2D eigenvalue weighted by Crippen LogP contribution is -2.56. The van der Waals surface area contributed by atoms with Gasteiger partial charge in [-0.2, -0.15) is 0 Å². The van der Waals surface area contributed by atoms with E-state index in [9.17, 15) is 0 Å². The Morgan fingerprint density at radius 2 is 2.00 bits per heavy atom. The summed E-state index contributed by atoms with van der Waals surface area (Å²) in [4.78, 5) is 2.64. The van der Waals surface area contributed by atoms with E-state index in [2.05, 4.69) is 45.2 Å². The van der Waals surface area contributed by atoms with E-state index in [0.717, 1.165) is 16.0 Å². The molecule has 21 heavy (non-hydrogen) atoms. The molecule has 2 bridgehead atoms. The summed E-state index contributed by atoms with van der Waals surface area (Å²) in [5.41, 5.74) is 1.28. The summed E-state index contributed by atoms with van der Waals surface area (Å²) in [7, 11) is 0. The average Bonchev–Trinajstić information content (AvgIpc) is 2.47. The fourth-order valence-electron chi connectivity index (χ4n) is 3.98. The van der Waals surface area contributed by atoms with Crippen molar-refractivity contribution < 1.29 is 0 Å². The highest BCUT2D eigenvalue weighted by Gasteiger charge is 2.38. The third kappa shape index (κ3) is 3.25. The molecule has 0 aliphatic carbocycles. The zero-order valence-electron chi connectivity index (χ0n) is 12.6. The first-order valence-electron chi connectivity index (χ1n) is 8.16. The minimum absolute atomic E-state index is 0.654. The molecule has 2 aliphatic heterocycles. The van der Waals surface area contributed by atoms with Crippen molar-refractivity contribution in [2.75, 3.05) is 11.4 Å². The summed E-state index contributed by atoms with van der Waals surface area (Å²) >= 11 is 9.99. The fourth-order valence-corrected chi connectivity index (χ4v) is 4.62. The molecule has 1 aromatic rings. The summed E-state index contributed by atoms with van der Waals surface area (Å²) in [6.45, 7) is 3.39. The highest BCUT2D eigenvalue weighted by atomic mass is 79.9. The second kappa shape index (κ2) is 6.89. The molecule has 2 aliphatic rings. The third-order valence-corrected chi connectivity index (χ3v) is 6.24. The van der Waals surface area contributed by atoms with Gasteiger partial charge in [0.15, 0.2) is 0 Å². The van der Waals surface area contributed by atoms with Gasteiger partial charge in [-0.1, -0.05) is 24.6 Å². The van der Waals surface area contributed by atoms with Gasteiger partial charge in [0.1, 0.15) is 0 Å². The maximum absolute atomic E-state index is 6.30. The van der Waals surface area contributed by atoms with Crippen LogP contribution in [-0.4, -0.2) is 24.7 Å². The zero-order valence-corrected chi connectivity index (χ0v) is 15.0. The number of piperidine rings is 2. The van der Waals surface area contributed by atoms with Gasteiger partial charge >= 0.3 is 0 Å². The normalized spacial score (nSPS) is 28.7. The highest BCUT2D eigenvalue weighted by molar-refractivity contribution is 9.10. The number of benzene rings is 1. The number of fused-ring (bicyclic) bond motifs is 2. The van der Waals surface area contributed by atoms with E-state index in [0.29, 0.717) is 18.1 Å². The summed E-state index contributed by atoms with van der Waals surface area (Å²) < 4.78 is 1.06. The first-order chi connectivity index (χ1) is 10.2. The molecule has 1 N–H and O–H groups in total. The van der Waals surface area contributed by atoms with E-state index in [-0.39, 0.29) is 0 Å². The van der Waals surface area contributed by atoms with Gasteiger partial charge in [-0.05, 0) is 73.1 Å². The van der Waals surface area contributed by atoms with Gasteiger partial charge in [-0.3, -0.25) is 0 Å². The highest BCUT2D eigenvalue weighted by Crippen LogP contribution is 2.42. The molecule has 1 aromatic carbocycles. The predicted octanol–water partition coefficient (Wildman–Crippen LogP) is 4.99. The van der Waals surface area contributed by atoms with Crippen LogP contribution in [0.3, 0.4) is 0 Å². The molecule has 116 valence electrons.